The van der Waals surface area contributed by atoms with E-state index in [1.54, 1.807) is 0 Å². The fourth-order valence-electron chi connectivity index (χ4n) is 2.09. The molecule has 0 amide bonds. The van der Waals surface area contributed by atoms with E-state index in [9.17, 15) is 26.3 Å². The molecule has 2 aromatic rings. The molecule has 12 heteroatoms. The Bertz CT molecular complexity index is 1130. The molecular weight excluding hydrogens is 482 g/mol. The largest absolute Gasteiger partial charge is 0.449 e. The molecule has 0 aromatic heterocycles. The van der Waals surface area contributed by atoms with E-state index >= 15 is 0 Å². The standard InChI is InChI=1S/C18H5BrF6N4O/c19-10-3-11(20)16(29-14(7-28)8(5-26)6-27)15(4-10)30-17-12(21)1-9(2-13(17)22)18(23,24)25/h1-4,29H. The fourth-order valence-corrected chi connectivity index (χ4v) is 2.50. The predicted molar refractivity (Wildman–Crippen MR) is 93.0 cm³/mol. The summed E-state index contributed by atoms with van der Waals surface area (Å²) in [5, 5.41) is 28.9. The first-order valence-electron chi connectivity index (χ1n) is 7.46. The lowest BCUT2D eigenvalue weighted by molar-refractivity contribution is -0.138. The van der Waals surface area contributed by atoms with Crippen molar-refractivity contribution in [1.29, 1.82) is 15.8 Å². The average Bonchev–Trinajstić information content (AvgIpc) is 2.65. The van der Waals surface area contributed by atoms with Crippen molar-refractivity contribution in [2.45, 2.75) is 6.18 Å². The molecule has 30 heavy (non-hydrogen) atoms. The molecular formula is C18H5BrF6N4O. The van der Waals surface area contributed by atoms with Gasteiger partial charge in [0.15, 0.2) is 34.5 Å². The predicted octanol–water partition coefficient (Wildman–Crippen LogP) is 5.91. The van der Waals surface area contributed by atoms with Crippen molar-refractivity contribution in [3.63, 3.8) is 0 Å². The minimum atomic E-state index is -5.02. The van der Waals surface area contributed by atoms with Crippen molar-refractivity contribution >= 4 is 21.6 Å². The molecule has 2 aromatic carbocycles. The zero-order valence-electron chi connectivity index (χ0n) is 14.2. The Morgan fingerprint density at radius 1 is 0.900 bits per heavy atom. The van der Waals surface area contributed by atoms with Gasteiger partial charge in [-0.2, -0.15) is 29.0 Å². The first kappa shape index (κ1) is 22.6. The van der Waals surface area contributed by atoms with Gasteiger partial charge in [-0.1, -0.05) is 15.9 Å². The van der Waals surface area contributed by atoms with Gasteiger partial charge in [0.2, 0.25) is 0 Å². The smallest absolute Gasteiger partial charge is 0.416 e. The Labute approximate surface area is 173 Å². The Morgan fingerprint density at radius 3 is 1.93 bits per heavy atom. The van der Waals surface area contributed by atoms with Crippen LogP contribution in [0.2, 0.25) is 0 Å². The number of benzene rings is 2. The molecule has 0 atom stereocenters. The molecule has 0 unspecified atom stereocenters. The van der Waals surface area contributed by atoms with Crippen molar-refractivity contribution < 1.29 is 31.1 Å². The van der Waals surface area contributed by atoms with E-state index in [0.29, 0.717) is 0 Å². The van der Waals surface area contributed by atoms with Crippen LogP contribution in [-0.2, 0) is 6.18 Å². The van der Waals surface area contributed by atoms with E-state index < -0.39 is 57.6 Å². The van der Waals surface area contributed by atoms with E-state index in [1.165, 1.54) is 18.2 Å². The second-order valence-electron chi connectivity index (χ2n) is 5.34. The van der Waals surface area contributed by atoms with Crippen LogP contribution in [0.1, 0.15) is 5.56 Å². The van der Waals surface area contributed by atoms with E-state index in [2.05, 4.69) is 21.2 Å². The number of allylic oxidation sites excluding steroid dienone is 2. The number of nitrogens with zero attached hydrogens (tertiary/aromatic N) is 3. The number of nitrogens with one attached hydrogen (secondary N) is 1. The molecule has 0 heterocycles. The maximum Gasteiger partial charge on any atom is 0.416 e. The number of hydrogen-bond donors (Lipinski definition) is 1. The summed E-state index contributed by atoms with van der Waals surface area (Å²) in [6.45, 7) is 0. The van der Waals surface area contributed by atoms with Gasteiger partial charge in [0.05, 0.1) is 5.56 Å². The van der Waals surface area contributed by atoms with E-state index in [1.807, 2.05) is 0 Å². The number of hydrogen-bond acceptors (Lipinski definition) is 5. The van der Waals surface area contributed by atoms with Crippen LogP contribution in [0.15, 0.2) is 40.0 Å². The lowest BCUT2D eigenvalue weighted by Crippen LogP contribution is -2.08. The van der Waals surface area contributed by atoms with Crippen LogP contribution in [-0.4, -0.2) is 0 Å². The van der Waals surface area contributed by atoms with Crippen molar-refractivity contribution in [2.24, 2.45) is 0 Å². The van der Waals surface area contributed by atoms with Gasteiger partial charge in [-0.15, -0.1) is 0 Å². The summed E-state index contributed by atoms with van der Waals surface area (Å²) in [7, 11) is 0. The van der Waals surface area contributed by atoms with Gasteiger partial charge in [-0.05, 0) is 24.3 Å². The highest BCUT2D eigenvalue weighted by atomic mass is 79.9. The Morgan fingerprint density at radius 2 is 1.47 bits per heavy atom. The van der Waals surface area contributed by atoms with Crippen molar-refractivity contribution in [3.05, 3.63) is 63.0 Å². The molecule has 5 nitrogen and oxygen atoms in total. The van der Waals surface area contributed by atoms with Crippen LogP contribution in [0.4, 0.5) is 32.0 Å². The summed E-state index contributed by atoms with van der Waals surface area (Å²) in [5.74, 6) is -6.50. The highest BCUT2D eigenvalue weighted by Crippen LogP contribution is 2.39. The summed E-state index contributed by atoms with van der Waals surface area (Å²) in [6, 6.07) is 6.08. The molecule has 2 rings (SSSR count). The van der Waals surface area contributed by atoms with Gasteiger partial charge in [0, 0.05) is 4.47 Å². The molecule has 152 valence electrons. The third kappa shape index (κ3) is 4.83. The molecule has 0 radical (unpaired) electrons. The number of anilines is 1. The zero-order valence-corrected chi connectivity index (χ0v) is 15.8. The fraction of sp³-hybridized carbons (Fsp3) is 0.0556. The van der Waals surface area contributed by atoms with Gasteiger partial charge in [-0.3, -0.25) is 0 Å². The molecule has 0 bridgehead atoms. The second-order valence-corrected chi connectivity index (χ2v) is 6.26. The van der Waals surface area contributed by atoms with Gasteiger partial charge in [-0.25, -0.2) is 13.2 Å². The monoisotopic (exact) mass is 486 g/mol. The summed E-state index contributed by atoms with van der Waals surface area (Å²) < 4.78 is 85.5. The highest BCUT2D eigenvalue weighted by molar-refractivity contribution is 9.10. The summed E-state index contributed by atoms with van der Waals surface area (Å²) in [5.41, 5.74) is -3.72. The molecule has 0 saturated heterocycles. The Balaban J connectivity index is 2.60. The van der Waals surface area contributed by atoms with Gasteiger partial charge in [0.25, 0.3) is 0 Å². The van der Waals surface area contributed by atoms with Gasteiger partial charge in [0.1, 0.15) is 29.6 Å². The number of rotatable bonds is 4. The Hall–Kier alpha value is -3.69. The summed E-state index contributed by atoms with van der Waals surface area (Å²) >= 11 is 2.91. The van der Waals surface area contributed by atoms with Crippen LogP contribution in [0.5, 0.6) is 11.5 Å². The van der Waals surface area contributed by atoms with Crippen molar-refractivity contribution in [3.8, 4) is 29.7 Å². The lowest BCUT2D eigenvalue weighted by atomic mass is 10.2. The first-order valence-corrected chi connectivity index (χ1v) is 8.25. The topological polar surface area (TPSA) is 92.6 Å². The van der Waals surface area contributed by atoms with Crippen molar-refractivity contribution in [1.82, 2.24) is 0 Å². The molecule has 0 aliphatic carbocycles. The minimum absolute atomic E-state index is 0.00999. The third-order valence-electron chi connectivity index (χ3n) is 3.39. The molecule has 1 N–H and O–H groups in total. The second kappa shape index (κ2) is 8.76. The zero-order chi connectivity index (χ0) is 22.6. The summed E-state index contributed by atoms with van der Waals surface area (Å²) in [6.07, 6.45) is -5.02. The van der Waals surface area contributed by atoms with Crippen LogP contribution < -0.4 is 10.1 Å². The number of halogens is 7. The number of ether oxygens (including phenoxy) is 1. The lowest BCUT2D eigenvalue weighted by Gasteiger charge is -2.16. The molecule has 0 aliphatic heterocycles. The highest BCUT2D eigenvalue weighted by Gasteiger charge is 2.33. The quantitative estimate of drug-likeness (QED) is 0.428. The van der Waals surface area contributed by atoms with Crippen LogP contribution in [0.3, 0.4) is 0 Å². The normalized spacial score (nSPS) is 10.4. The minimum Gasteiger partial charge on any atom is -0.449 e. The van der Waals surface area contributed by atoms with Crippen molar-refractivity contribution in [2.75, 3.05) is 5.32 Å². The van der Waals surface area contributed by atoms with Gasteiger partial charge >= 0.3 is 6.18 Å². The van der Waals surface area contributed by atoms with E-state index in [-0.39, 0.29) is 16.6 Å². The first-order chi connectivity index (χ1) is 14.0. The van der Waals surface area contributed by atoms with Crippen LogP contribution >= 0.6 is 15.9 Å². The average molecular weight is 487 g/mol. The van der Waals surface area contributed by atoms with Gasteiger partial charge < -0.3 is 10.1 Å². The number of alkyl halides is 3. The number of nitriles is 3. The molecule has 0 aliphatic rings. The maximum absolute atomic E-state index is 14.4. The third-order valence-corrected chi connectivity index (χ3v) is 3.85. The van der Waals surface area contributed by atoms with Crippen LogP contribution in [0.25, 0.3) is 0 Å². The summed E-state index contributed by atoms with van der Waals surface area (Å²) in [4.78, 5) is 0. The molecule has 0 saturated carbocycles. The molecule has 0 spiro atoms. The SMILES string of the molecule is N#CC(C#N)=C(C#N)Nc1c(F)cc(Br)cc1Oc1c(F)cc(C(F)(F)F)cc1F. The maximum atomic E-state index is 14.4. The van der Waals surface area contributed by atoms with Crippen LogP contribution in [0, 0.1) is 51.4 Å². The van der Waals surface area contributed by atoms with E-state index in [0.717, 1.165) is 12.1 Å². The molecule has 0 fully saturated rings. The van der Waals surface area contributed by atoms with E-state index in [4.69, 9.17) is 20.5 Å². The Kier molecular flexibility index (Phi) is 6.60.